The number of nitrogens with two attached hydrogens (primary N) is 1. The Morgan fingerprint density at radius 1 is 1.79 bits per heavy atom. The van der Waals surface area contributed by atoms with Crippen molar-refractivity contribution in [3.8, 4) is 6.07 Å². The summed E-state index contributed by atoms with van der Waals surface area (Å²) in [5.74, 6) is 0. The van der Waals surface area contributed by atoms with Crippen LogP contribution >= 0.6 is 27.5 Å². The first-order chi connectivity index (χ1) is 6.60. The largest absolute Gasteiger partial charge is 0.395 e. The van der Waals surface area contributed by atoms with Crippen molar-refractivity contribution in [2.75, 3.05) is 11.1 Å². The molecule has 0 spiro atoms. The number of rotatable bonds is 2. The van der Waals surface area contributed by atoms with Crippen LogP contribution in [0.4, 0.5) is 5.69 Å². The number of alkyl halides is 1. The summed E-state index contributed by atoms with van der Waals surface area (Å²) in [6.45, 7) is 0. The fourth-order valence-electron chi connectivity index (χ4n) is 0.877. The van der Waals surface area contributed by atoms with Crippen LogP contribution in [0.5, 0.6) is 0 Å². The lowest BCUT2D eigenvalue weighted by Gasteiger charge is -2.08. The number of nitrogen functional groups attached to an aromatic ring is 1. The second-order valence-corrected chi connectivity index (χ2v) is 3.63. The molecule has 0 aromatic carbocycles. The Labute approximate surface area is 94.4 Å². The van der Waals surface area contributed by atoms with E-state index in [1.54, 1.807) is 0 Å². The zero-order valence-corrected chi connectivity index (χ0v) is 9.38. The van der Waals surface area contributed by atoms with Gasteiger partial charge in [-0.25, -0.2) is 4.98 Å². The van der Waals surface area contributed by atoms with Gasteiger partial charge in [0, 0.05) is 5.33 Å². The van der Waals surface area contributed by atoms with Crippen LogP contribution in [-0.4, -0.2) is 15.4 Å². The van der Waals surface area contributed by atoms with Crippen molar-refractivity contribution in [3.05, 3.63) is 22.5 Å². The van der Waals surface area contributed by atoms with Gasteiger partial charge >= 0.3 is 0 Å². The Bertz CT molecular complexity index is 391. The molecule has 0 aliphatic heterocycles. The lowest BCUT2D eigenvalue weighted by molar-refractivity contribution is 0.200. The molecule has 1 aromatic heterocycles. The van der Waals surface area contributed by atoms with E-state index in [9.17, 15) is 5.11 Å². The maximum absolute atomic E-state index is 9.45. The van der Waals surface area contributed by atoms with Crippen LogP contribution in [0.2, 0.25) is 5.02 Å². The van der Waals surface area contributed by atoms with Crippen LogP contribution in [0.1, 0.15) is 17.5 Å². The van der Waals surface area contributed by atoms with Crippen molar-refractivity contribution in [2.45, 2.75) is 6.10 Å². The molecule has 0 saturated carbocycles. The lowest BCUT2D eigenvalue weighted by Crippen LogP contribution is -2.05. The smallest absolute Gasteiger partial charge is 0.165 e. The van der Waals surface area contributed by atoms with E-state index in [2.05, 4.69) is 20.9 Å². The number of aromatic nitrogens is 1. The molecule has 0 amide bonds. The molecule has 0 aliphatic rings. The summed E-state index contributed by atoms with van der Waals surface area (Å²) in [6, 6.07) is 3.26. The standard InChI is InChI=1S/C8H7BrClN3O/c9-2-7(14)5-1-4(10)8(12)6(3-11)13-5/h1,7,14H,2,12H2. The minimum atomic E-state index is -0.791. The van der Waals surface area contributed by atoms with Gasteiger partial charge in [0.15, 0.2) is 5.69 Å². The highest BCUT2D eigenvalue weighted by atomic mass is 79.9. The molecule has 1 atom stereocenters. The summed E-state index contributed by atoms with van der Waals surface area (Å²) in [6.07, 6.45) is -0.791. The van der Waals surface area contributed by atoms with Crippen molar-refractivity contribution < 1.29 is 5.11 Å². The van der Waals surface area contributed by atoms with Crippen LogP contribution in [0.25, 0.3) is 0 Å². The number of pyridine rings is 1. The highest BCUT2D eigenvalue weighted by Gasteiger charge is 2.13. The highest BCUT2D eigenvalue weighted by Crippen LogP contribution is 2.25. The Morgan fingerprint density at radius 2 is 2.43 bits per heavy atom. The van der Waals surface area contributed by atoms with Crippen LogP contribution in [-0.2, 0) is 0 Å². The van der Waals surface area contributed by atoms with Gasteiger partial charge in [-0.3, -0.25) is 0 Å². The molecule has 0 fully saturated rings. The average molecular weight is 277 g/mol. The van der Waals surface area contributed by atoms with E-state index in [4.69, 9.17) is 22.6 Å². The first-order valence-electron chi connectivity index (χ1n) is 3.70. The molecule has 0 radical (unpaired) electrons. The summed E-state index contributed by atoms with van der Waals surface area (Å²) in [4.78, 5) is 3.87. The molecule has 0 bridgehead atoms. The number of halogens is 2. The number of hydrogen-bond acceptors (Lipinski definition) is 4. The van der Waals surface area contributed by atoms with Crippen molar-refractivity contribution in [3.63, 3.8) is 0 Å². The van der Waals surface area contributed by atoms with Crippen LogP contribution in [0, 0.1) is 11.3 Å². The van der Waals surface area contributed by atoms with Gasteiger partial charge in [-0.05, 0) is 6.07 Å². The Kier molecular flexibility index (Phi) is 3.69. The second-order valence-electron chi connectivity index (χ2n) is 2.57. The van der Waals surface area contributed by atoms with E-state index in [1.165, 1.54) is 6.07 Å². The normalized spacial score (nSPS) is 12.1. The third-order valence-electron chi connectivity index (χ3n) is 1.62. The minimum Gasteiger partial charge on any atom is -0.395 e. The third kappa shape index (κ3) is 2.15. The molecule has 1 rings (SSSR count). The van der Waals surface area contributed by atoms with E-state index in [0.717, 1.165) is 0 Å². The van der Waals surface area contributed by atoms with Crippen LogP contribution in [0.15, 0.2) is 6.07 Å². The molecule has 1 unspecified atom stereocenters. The highest BCUT2D eigenvalue weighted by molar-refractivity contribution is 9.09. The first-order valence-corrected chi connectivity index (χ1v) is 5.20. The van der Waals surface area contributed by atoms with Gasteiger partial charge in [0.2, 0.25) is 0 Å². The summed E-state index contributed by atoms with van der Waals surface area (Å²) >= 11 is 8.85. The molecule has 14 heavy (non-hydrogen) atoms. The van der Waals surface area contributed by atoms with Gasteiger partial charge in [0.25, 0.3) is 0 Å². The second kappa shape index (κ2) is 4.60. The summed E-state index contributed by atoms with van der Waals surface area (Å²) < 4.78 is 0. The van der Waals surface area contributed by atoms with Gasteiger partial charge in [0.1, 0.15) is 12.2 Å². The van der Waals surface area contributed by atoms with Gasteiger partial charge in [-0.1, -0.05) is 27.5 Å². The molecule has 1 heterocycles. The molecule has 0 aliphatic carbocycles. The predicted molar refractivity (Wildman–Crippen MR) is 57.1 cm³/mol. The lowest BCUT2D eigenvalue weighted by atomic mass is 10.2. The summed E-state index contributed by atoms with van der Waals surface area (Å²) in [5.41, 5.74) is 6.00. The number of nitriles is 1. The predicted octanol–water partition coefficient (Wildman–Crippen LogP) is 1.62. The molecular weight excluding hydrogens is 269 g/mol. The van der Waals surface area contributed by atoms with E-state index in [0.29, 0.717) is 11.0 Å². The molecule has 4 nitrogen and oxygen atoms in total. The fraction of sp³-hybridized carbons (Fsp3) is 0.250. The topological polar surface area (TPSA) is 82.9 Å². The van der Waals surface area contributed by atoms with E-state index < -0.39 is 6.10 Å². The van der Waals surface area contributed by atoms with E-state index in [1.807, 2.05) is 6.07 Å². The van der Waals surface area contributed by atoms with E-state index in [-0.39, 0.29) is 16.4 Å². The zero-order chi connectivity index (χ0) is 10.7. The van der Waals surface area contributed by atoms with Crippen LogP contribution in [0.3, 0.4) is 0 Å². The van der Waals surface area contributed by atoms with Crippen molar-refractivity contribution in [1.29, 1.82) is 5.26 Å². The SMILES string of the molecule is N#Cc1nc(C(O)CBr)cc(Cl)c1N. The molecule has 74 valence electrons. The van der Waals surface area contributed by atoms with Crippen molar-refractivity contribution in [2.24, 2.45) is 0 Å². The Balaban J connectivity index is 3.24. The monoisotopic (exact) mass is 275 g/mol. The first kappa shape index (κ1) is 11.2. The number of nitrogens with zero attached hydrogens (tertiary/aromatic N) is 2. The van der Waals surface area contributed by atoms with Crippen molar-refractivity contribution >= 4 is 33.2 Å². The average Bonchev–Trinajstić information content (AvgIpc) is 2.20. The fourth-order valence-corrected chi connectivity index (χ4v) is 1.41. The maximum atomic E-state index is 9.45. The zero-order valence-electron chi connectivity index (χ0n) is 7.04. The molecular formula is C8H7BrClN3O. The van der Waals surface area contributed by atoms with Crippen molar-refractivity contribution in [1.82, 2.24) is 4.98 Å². The minimum absolute atomic E-state index is 0.0347. The molecule has 1 aromatic rings. The Hall–Kier alpha value is -0.830. The maximum Gasteiger partial charge on any atom is 0.165 e. The number of aliphatic hydroxyl groups excluding tert-OH is 1. The van der Waals surface area contributed by atoms with Crippen LogP contribution < -0.4 is 5.73 Å². The van der Waals surface area contributed by atoms with Gasteiger partial charge in [-0.2, -0.15) is 5.26 Å². The quantitative estimate of drug-likeness (QED) is 0.804. The molecule has 0 saturated heterocycles. The third-order valence-corrected chi connectivity index (χ3v) is 2.55. The van der Waals surface area contributed by atoms with Gasteiger partial charge in [0.05, 0.1) is 16.4 Å². The number of hydrogen-bond donors (Lipinski definition) is 2. The number of aliphatic hydroxyl groups is 1. The van der Waals surface area contributed by atoms with E-state index >= 15 is 0 Å². The van der Waals surface area contributed by atoms with Gasteiger partial charge < -0.3 is 10.8 Å². The number of anilines is 1. The summed E-state index contributed by atoms with van der Waals surface area (Å²) in [7, 11) is 0. The Morgan fingerprint density at radius 3 is 2.93 bits per heavy atom. The van der Waals surface area contributed by atoms with Gasteiger partial charge in [-0.15, -0.1) is 0 Å². The summed E-state index contributed by atoms with van der Waals surface area (Å²) in [5, 5.41) is 18.7. The molecule has 3 N–H and O–H groups in total. The molecule has 6 heteroatoms.